The SMILES string of the molecule is CCN1CCCCC1CNC(=O)CCCN. The number of rotatable bonds is 6. The van der Waals surface area contributed by atoms with Crippen molar-refractivity contribution >= 4 is 5.91 Å². The summed E-state index contributed by atoms with van der Waals surface area (Å²) in [4.78, 5) is 13.9. The predicted octanol–water partition coefficient (Wildman–Crippen LogP) is 0.716. The van der Waals surface area contributed by atoms with Gasteiger partial charge in [0.1, 0.15) is 0 Å². The molecule has 4 heteroatoms. The number of piperidine rings is 1. The maximum Gasteiger partial charge on any atom is 0.220 e. The van der Waals surface area contributed by atoms with Crippen LogP contribution in [0.4, 0.5) is 0 Å². The van der Waals surface area contributed by atoms with Crippen molar-refractivity contribution in [2.24, 2.45) is 5.73 Å². The highest BCUT2D eigenvalue weighted by Crippen LogP contribution is 2.15. The van der Waals surface area contributed by atoms with Gasteiger partial charge in [-0.25, -0.2) is 0 Å². The number of likely N-dealkylation sites (tertiary alicyclic amines) is 1. The lowest BCUT2D eigenvalue weighted by Gasteiger charge is -2.34. The third-order valence-corrected chi connectivity index (χ3v) is 3.30. The predicted molar refractivity (Wildman–Crippen MR) is 66.2 cm³/mol. The van der Waals surface area contributed by atoms with Crippen LogP contribution in [0.2, 0.25) is 0 Å². The Kier molecular flexibility index (Phi) is 6.42. The molecule has 1 atom stereocenters. The summed E-state index contributed by atoms with van der Waals surface area (Å²) in [5.74, 6) is 0.145. The lowest BCUT2D eigenvalue weighted by atomic mass is 10.0. The highest BCUT2D eigenvalue weighted by atomic mass is 16.1. The van der Waals surface area contributed by atoms with E-state index in [1.54, 1.807) is 0 Å². The molecule has 1 aliphatic heterocycles. The normalized spacial score (nSPS) is 22.0. The van der Waals surface area contributed by atoms with E-state index < -0.39 is 0 Å². The molecule has 0 bridgehead atoms. The minimum atomic E-state index is 0.145. The molecular formula is C12H25N3O. The van der Waals surface area contributed by atoms with E-state index in [2.05, 4.69) is 17.1 Å². The van der Waals surface area contributed by atoms with Crippen LogP contribution in [-0.4, -0.2) is 43.0 Å². The van der Waals surface area contributed by atoms with E-state index in [-0.39, 0.29) is 5.91 Å². The Labute approximate surface area is 98.6 Å². The summed E-state index contributed by atoms with van der Waals surface area (Å²) >= 11 is 0. The number of hydrogen-bond acceptors (Lipinski definition) is 3. The van der Waals surface area contributed by atoms with Gasteiger partial charge in [-0.1, -0.05) is 13.3 Å². The van der Waals surface area contributed by atoms with Crippen molar-refractivity contribution in [3.05, 3.63) is 0 Å². The zero-order valence-corrected chi connectivity index (χ0v) is 10.4. The summed E-state index contributed by atoms with van der Waals surface area (Å²) in [5, 5.41) is 3.02. The number of hydrogen-bond donors (Lipinski definition) is 2. The molecule has 1 amide bonds. The highest BCUT2D eigenvalue weighted by molar-refractivity contribution is 5.75. The molecule has 1 heterocycles. The van der Waals surface area contributed by atoms with Crippen molar-refractivity contribution in [2.75, 3.05) is 26.2 Å². The van der Waals surface area contributed by atoms with Crippen LogP contribution < -0.4 is 11.1 Å². The van der Waals surface area contributed by atoms with Gasteiger partial charge < -0.3 is 11.1 Å². The van der Waals surface area contributed by atoms with E-state index in [0.717, 1.165) is 19.5 Å². The number of carbonyl (C=O) groups is 1. The molecule has 1 rings (SSSR count). The molecule has 1 saturated heterocycles. The Morgan fingerprint density at radius 3 is 3.00 bits per heavy atom. The molecule has 1 aliphatic rings. The van der Waals surface area contributed by atoms with Crippen molar-refractivity contribution in [2.45, 2.75) is 45.1 Å². The van der Waals surface area contributed by atoms with E-state index in [0.29, 0.717) is 19.0 Å². The molecule has 0 radical (unpaired) electrons. The first-order chi connectivity index (χ1) is 7.77. The van der Waals surface area contributed by atoms with Crippen LogP contribution in [0.25, 0.3) is 0 Å². The van der Waals surface area contributed by atoms with Crippen molar-refractivity contribution in [1.82, 2.24) is 10.2 Å². The second-order valence-electron chi connectivity index (χ2n) is 4.47. The third kappa shape index (κ3) is 4.49. The van der Waals surface area contributed by atoms with E-state index >= 15 is 0 Å². The molecule has 0 aromatic carbocycles. The number of carbonyl (C=O) groups excluding carboxylic acids is 1. The fourth-order valence-corrected chi connectivity index (χ4v) is 2.29. The lowest BCUT2D eigenvalue weighted by Crippen LogP contribution is -2.46. The second kappa shape index (κ2) is 7.63. The standard InChI is InChI=1S/C12H25N3O/c1-2-15-9-4-3-6-11(15)10-14-12(16)7-5-8-13/h11H,2-10,13H2,1H3,(H,14,16). The van der Waals surface area contributed by atoms with Crippen molar-refractivity contribution in [1.29, 1.82) is 0 Å². The second-order valence-corrected chi connectivity index (χ2v) is 4.47. The van der Waals surface area contributed by atoms with Crippen molar-refractivity contribution in [3.8, 4) is 0 Å². The molecular weight excluding hydrogens is 202 g/mol. The van der Waals surface area contributed by atoms with Crippen LogP contribution in [0, 0.1) is 0 Å². The smallest absolute Gasteiger partial charge is 0.220 e. The zero-order valence-electron chi connectivity index (χ0n) is 10.4. The van der Waals surface area contributed by atoms with Gasteiger partial charge in [-0.2, -0.15) is 0 Å². The Morgan fingerprint density at radius 1 is 1.50 bits per heavy atom. The number of likely N-dealkylation sites (N-methyl/N-ethyl adjacent to an activating group) is 1. The highest BCUT2D eigenvalue weighted by Gasteiger charge is 2.20. The van der Waals surface area contributed by atoms with Crippen LogP contribution in [0.15, 0.2) is 0 Å². The Balaban J connectivity index is 2.21. The van der Waals surface area contributed by atoms with Gasteiger partial charge in [0.25, 0.3) is 0 Å². The molecule has 0 aromatic heterocycles. The third-order valence-electron chi connectivity index (χ3n) is 3.30. The number of amides is 1. The molecule has 0 saturated carbocycles. The Morgan fingerprint density at radius 2 is 2.31 bits per heavy atom. The monoisotopic (exact) mass is 227 g/mol. The van der Waals surface area contributed by atoms with E-state index in [1.807, 2.05) is 0 Å². The Hall–Kier alpha value is -0.610. The molecule has 0 spiro atoms. The first kappa shape index (κ1) is 13.5. The number of nitrogens with zero attached hydrogens (tertiary/aromatic N) is 1. The fraction of sp³-hybridized carbons (Fsp3) is 0.917. The zero-order chi connectivity index (χ0) is 11.8. The van der Waals surface area contributed by atoms with Gasteiger partial charge >= 0.3 is 0 Å². The molecule has 4 nitrogen and oxygen atoms in total. The van der Waals surface area contributed by atoms with Crippen molar-refractivity contribution in [3.63, 3.8) is 0 Å². The van der Waals surface area contributed by atoms with Gasteiger partial charge in [0, 0.05) is 19.0 Å². The van der Waals surface area contributed by atoms with Gasteiger partial charge in [0.05, 0.1) is 0 Å². The first-order valence-corrected chi connectivity index (χ1v) is 6.48. The van der Waals surface area contributed by atoms with Crippen LogP contribution in [0.5, 0.6) is 0 Å². The molecule has 1 unspecified atom stereocenters. The summed E-state index contributed by atoms with van der Waals surface area (Å²) in [6, 6.07) is 0.542. The average molecular weight is 227 g/mol. The molecule has 0 aliphatic carbocycles. The van der Waals surface area contributed by atoms with Crippen LogP contribution >= 0.6 is 0 Å². The molecule has 16 heavy (non-hydrogen) atoms. The minimum absolute atomic E-state index is 0.145. The maximum absolute atomic E-state index is 11.5. The summed E-state index contributed by atoms with van der Waals surface area (Å²) in [5.41, 5.74) is 5.37. The summed E-state index contributed by atoms with van der Waals surface area (Å²) in [6.07, 6.45) is 5.15. The largest absolute Gasteiger partial charge is 0.355 e. The minimum Gasteiger partial charge on any atom is -0.355 e. The molecule has 3 N–H and O–H groups in total. The quantitative estimate of drug-likeness (QED) is 0.703. The number of nitrogens with one attached hydrogen (secondary N) is 1. The first-order valence-electron chi connectivity index (χ1n) is 6.48. The van der Waals surface area contributed by atoms with Gasteiger partial charge in [0.15, 0.2) is 0 Å². The van der Waals surface area contributed by atoms with Gasteiger partial charge in [0.2, 0.25) is 5.91 Å². The van der Waals surface area contributed by atoms with Gasteiger partial charge in [-0.15, -0.1) is 0 Å². The van der Waals surface area contributed by atoms with Crippen LogP contribution in [0.1, 0.15) is 39.0 Å². The molecule has 1 fully saturated rings. The van der Waals surface area contributed by atoms with E-state index in [4.69, 9.17) is 5.73 Å². The molecule has 0 aromatic rings. The fourth-order valence-electron chi connectivity index (χ4n) is 2.29. The lowest BCUT2D eigenvalue weighted by molar-refractivity contribution is -0.121. The number of nitrogens with two attached hydrogens (primary N) is 1. The topological polar surface area (TPSA) is 58.4 Å². The average Bonchev–Trinajstić information content (AvgIpc) is 2.34. The summed E-state index contributed by atoms with van der Waals surface area (Å²) < 4.78 is 0. The van der Waals surface area contributed by atoms with Crippen molar-refractivity contribution < 1.29 is 4.79 Å². The van der Waals surface area contributed by atoms with Crippen LogP contribution in [-0.2, 0) is 4.79 Å². The van der Waals surface area contributed by atoms with E-state index in [1.165, 1.54) is 25.8 Å². The summed E-state index contributed by atoms with van der Waals surface area (Å²) in [7, 11) is 0. The van der Waals surface area contributed by atoms with Gasteiger partial charge in [-0.05, 0) is 38.9 Å². The maximum atomic E-state index is 11.5. The Bertz CT molecular complexity index is 208. The summed E-state index contributed by atoms with van der Waals surface area (Å²) in [6.45, 7) is 5.85. The van der Waals surface area contributed by atoms with Crippen LogP contribution in [0.3, 0.4) is 0 Å². The van der Waals surface area contributed by atoms with Gasteiger partial charge in [-0.3, -0.25) is 9.69 Å². The van der Waals surface area contributed by atoms with E-state index in [9.17, 15) is 4.79 Å². The molecule has 94 valence electrons.